The van der Waals surface area contributed by atoms with Crippen LogP contribution < -0.4 is 10.1 Å². The van der Waals surface area contributed by atoms with Crippen LogP contribution in [-0.4, -0.2) is 48.8 Å². The number of carbonyl (C=O) groups is 1. The fourth-order valence-electron chi connectivity index (χ4n) is 1.87. The molecule has 0 aliphatic carbocycles. The van der Waals surface area contributed by atoms with Crippen molar-refractivity contribution in [2.75, 3.05) is 32.1 Å². The van der Waals surface area contributed by atoms with Crippen molar-refractivity contribution in [3.05, 3.63) is 24.3 Å². The van der Waals surface area contributed by atoms with Crippen LogP contribution in [0.25, 0.3) is 0 Å². The van der Waals surface area contributed by atoms with E-state index in [1.807, 2.05) is 30.9 Å². The molecular formula is C15H24N2O3. The van der Waals surface area contributed by atoms with Crippen molar-refractivity contribution in [2.45, 2.75) is 26.4 Å². The van der Waals surface area contributed by atoms with Crippen molar-refractivity contribution in [2.24, 2.45) is 0 Å². The predicted octanol–water partition coefficient (Wildman–Crippen LogP) is 1.73. The molecule has 0 heterocycles. The summed E-state index contributed by atoms with van der Waals surface area (Å²) in [6, 6.07) is 7.29. The number of aliphatic hydroxyl groups excluding tert-OH is 1. The van der Waals surface area contributed by atoms with Crippen LogP contribution >= 0.6 is 0 Å². The second-order valence-corrected chi connectivity index (χ2v) is 4.64. The first kappa shape index (κ1) is 16.5. The van der Waals surface area contributed by atoms with Crippen LogP contribution in [0.2, 0.25) is 0 Å². The number of carbonyl (C=O) groups excluding carboxylic acids is 1. The number of ether oxygens (including phenoxy) is 1. The Morgan fingerprint density at radius 3 is 2.70 bits per heavy atom. The Labute approximate surface area is 120 Å². The van der Waals surface area contributed by atoms with Gasteiger partial charge in [0.05, 0.1) is 25.4 Å². The quantitative estimate of drug-likeness (QED) is 0.761. The Morgan fingerprint density at radius 2 is 2.10 bits per heavy atom. The van der Waals surface area contributed by atoms with Crippen LogP contribution in [-0.2, 0) is 4.79 Å². The van der Waals surface area contributed by atoms with Gasteiger partial charge in [0.15, 0.2) is 0 Å². The van der Waals surface area contributed by atoms with Crippen molar-refractivity contribution >= 4 is 11.6 Å². The van der Waals surface area contributed by atoms with Gasteiger partial charge in [-0.3, -0.25) is 9.69 Å². The fourth-order valence-corrected chi connectivity index (χ4v) is 1.87. The average Bonchev–Trinajstić information content (AvgIpc) is 2.46. The maximum absolute atomic E-state index is 12.0. The van der Waals surface area contributed by atoms with E-state index >= 15 is 0 Å². The molecule has 0 aliphatic heterocycles. The fraction of sp³-hybridized carbons (Fsp3) is 0.533. The van der Waals surface area contributed by atoms with Crippen LogP contribution in [0.4, 0.5) is 5.69 Å². The number of para-hydroxylation sites is 2. The number of hydrogen-bond donors (Lipinski definition) is 2. The van der Waals surface area contributed by atoms with Crippen LogP contribution in [0.3, 0.4) is 0 Å². The number of likely N-dealkylation sites (N-methyl/N-ethyl adjacent to an activating group) is 1. The molecule has 112 valence electrons. The molecule has 0 saturated heterocycles. The van der Waals surface area contributed by atoms with Gasteiger partial charge < -0.3 is 15.2 Å². The molecule has 5 heteroatoms. The number of aliphatic hydroxyl groups is 1. The van der Waals surface area contributed by atoms with Crippen LogP contribution in [0, 0.1) is 0 Å². The minimum Gasteiger partial charge on any atom is -0.495 e. The molecular weight excluding hydrogens is 256 g/mol. The summed E-state index contributed by atoms with van der Waals surface area (Å²) in [6.07, 6.45) is 0.291. The van der Waals surface area contributed by atoms with Crippen LogP contribution in [0.5, 0.6) is 5.75 Å². The second-order valence-electron chi connectivity index (χ2n) is 4.64. The molecule has 1 aromatic rings. The van der Waals surface area contributed by atoms with E-state index < -0.39 is 6.10 Å². The lowest BCUT2D eigenvalue weighted by atomic mass is 10.2. The molecule has 0 bridgehead atoms. The van der Waals surface area contributed by atoms with Crippen molar-refractivity contribution in [1.29, 1.82) is 0 Å². The van der Waals surface area contributed by atoms with Crippen LogP contribution in [0.15, 0.2) is 24.3 Å². The molecule has 0 aromatic heterocycles. The summed E-state index contributed by atoms with van der Waals surface area (Å²) in [5, 5.41) is 12.5. The highest BCUT2D eigenvalue weighted by Gasteiger charge is 2.13. The molecule has 20 heavy (non-hydrogen) atoms. The summed E-state index contributed by atoms with van der Waals surface area (Å²) in [4.78, 5) is 13.9. The number of nitrogens with zero attached hydrogens (tertiary/aromatic N) is 1. The summed E-state index contributed by atoms with van der Waals surface area (Å²) >= 11 is 0. The Kier molecular flexibility index (Phi) is 7.04. The lowest BCUT2D eigenvalue weighted by molar-refractivity contribution is -0.117. The van der Waals surface area contributed by atoms with Gasteiger partial charge in [0.25, 0.3) is 0 Å². The van der Waals surface area contributed by atoms with Gasteiger partial charge in [0.1, 0.15) is 5.75 Å². The van der Waals surface area contributed by atoms with E-state index in [0.29, 0.717) is 24.4 Å². The average molecular weight is 280 g/mol. The van der Waals surface area contributed by atoms with Crippen molar-refractivity contribution in [1.82, 2.24) is 4.90 Å². The number of nitrogens with one attached hydrogen (secondary N) is 1. The molecule has 2 N–H and O–H groups in total. The zero-order valence-corrected chi connectivity index (χ0v) is 12.4. The van der Waals surface area contributed by atoms with Crippen LogP contribution in [0.1, 0.15) is 20.3 Å². The standard InChI is InChI=1S/C15H24N2O3/c1-4-12(18)10-17(5-2)11-15(19)16-13-8-6-7-9-14(13)20-3/h6-9,12,18H,4-5,10-11H2,1-3H3,(H,16,19)/t12-/m1/s1. The van der Waals surface area contributed by atoms with E-state index in [1.54, 1.807) is 19.2 Å². The van der Waals surface area contributed by atoms with E-state index in [0.717, 1.165) is 6.54 Å². The van der Waals surface area contributed by atoms with Gasteiger partial charge in [-0.05, 0) is 25.1 Å². The molecule has 0 unspecified atom stereocenters. The van der Waals surface area contributed by atoms with E-state index in [1.165, 1.54) is 0 Å². The number of anilines is 1. The van der Waals surface area contributed by atoms with E-state index in [2.05, 4.69) is 5.32 Å². The zero-order valence-electron chi connectivity index (χ0n) is 12.4. The number of rotatable bonds is 8. The number of methoxy groups -OCH3 is 1. The van der Waals surface area contributed by atoms with Gasteiger partial charge in [0, 0.05) is 6.54 Å². The molecule has 5 nitrogen and oxygen atoms in total. The molecule has 1 atom stereocenters. The normalized spacial score (nSPS) is 12.2. The SMILES string of the molecule is CC[C@@H](O)CN(CC)CC(=O)Nc1ccccc1OC. The van der Waals surface area contributed by atoms with Gasteiger partial charge in [-0.25, -0.2) is 0 Å². The Hall–Kier alpha value is -1.59. The van der Waals surface area contributed by atoms with Crippen molar-refractivity contribution in [3.63, 3.8) is 0 Å². The van der Waals surface area contributed by atoms with E-state index in [4.69, 9.17) is 4.74 Å². The lowest BCUT2D eigenvalue weighted by Gasteiger charge is -2.22. The minimum absolute atomic E-state index is 0.111. The number of hydrogen-bond acceptors (Lipinski definition) is 4. The maximum Gasteiger partial charge on any atom is 0.238 e. The maximum atomic E-state index is 12.0. The summed E-state index contributed by atoms with van der Waals surface area (Å²) in [6.45, 7) is 5.38. The monoisotopic (exact) mass is 280 g/mol. The highest BCUT2D eigenvalue weighted by molar-refractivity contribution is 5.93. The smallest absolute Gasteiger partial charge is 0.238 e. The van der Waals surface area contributed by atoms with E-state index in [-0.39, 0.29) is 12.5 Å². The molecule has 0 fully saturated rings. The molecule has 1 rings (SSSR count). The third-order valence-electron chi connectivity index (χ3n) is 3.14. The molecule has 0 saturated carbocycles. The predicted molar refractivity (Wildman–Crippen MR) is 80.0 cm³/mol. The first-order chi connectivity index (χ1) is 9.60. The summed E-state index contributed by atoms with van der Waals surface area (Å²) in [7, 11) is 1.57. The van der Waals surface area contributed by atoms with E-state index in [9.17, 15) is 9.90 Å². The van der Waals surface area contributed by atoms with Crippen molar-refractivity contribution < 1.29 is 14.6 Å². The molecule has 1 amide bonds. The topological polar surface area (TPSA) is 61.8 Å². The highest BCUT2D eigenvalue weighted by Crippen LogP contribution is 2.22. The summed E-state index contributed by atoms with van der Waals surface area (Å²) < 4.78 is 5.19. The first-order valence-electron chi connectivity index (χ1n) is 6.93. The Balaban J connectivity index is 2.57. The molecule has 0 aliphatic rings. The Bertz CT molecular complexity index is 423. The summed E-state index contributed by atoms with van der Waals surface area (Å²) in [5.74, 6) is 0.525. The minimum atomic E-state index is -0.394. The van der Waals surface area contributed by atoms with Gasteiger partial charge in [0.2, 0.25) is 5.91 Å². The first-order valence-corrected chi connectivity index (χ1v) is 6.93. The van der Waals surface area contributed by atoms with Crippen molar-refractivity contribution in [3.8, 4) is 5.75 Å². The lowest BCUT2D eigenvalue weighted by Crippen LogP contribution is -2.38. The van der Waals surface area contributed by atoms with Gasteiger partial charge in [-0.15, -0.1) is 0 Å². The number of amides is 1. The third kappa shape index (κ3) is 5.19. The number of benzene rings is 1. The Morgan fingerprint density at radius 1 is 1.40 bits per heavy atom. The zero-order chi connectivity index (χ0) is 15.0. The summed E-state index contributed by atoms with van der Waals surface area (Å²) in [5.41, 5.74) is 0.659. The van der Waals surface area contributed by atoms with Gasteiger partial charge >= 0.3 is 0 Å². The molecule has 0 radical (unpaired) electrons. The molecule has 0 spiro atoms. The van der Waals surface area contributed by atoms with Gasteiger partial charge in [-0.2, -0.15) is 0 Å². The largest absolute Gasteiger partial charge is 0.495 e. The highest BCUT2D eigenvalue weighted by atomic mass is 16.5. The molecule has 1 aromatic carbocycles. The third-order valence-corrected chi connectivity index (χ3v) is 3.14. The second kappa shape index (κ2) is 8.55. The van der Waals surface area contributed by atoms with Gasteiger partial charge in [-0.1, -0.05) is 26.0 Å².